The summed E-state index contributed by atoms with van der Waals surface area (Å²) in [6.07, 6.45) is 1.43. The first-order valence-electron chi connectivity index (χ1n) is 8.02. The van der Waals surface area contributed by atoms with Crippen LogP contribution >= 0.6 is 11.6 Å². The molecule has 0 unspecified atom stereocenters. The molecule has 5 nitrogen and oxygen atoms in total. The Morgan fingerprint density at radius 3 is 2.68 bits per heavy atom. The molecule has 0 aliphatic carbocycles. The third-order valence-electron chi connectivity index (χ3n) is 3.79. The molecule has 0 atom stereocenters. The fourth-order valence-corrected chi connectivity index (χ4v) is 2.51. The second-order valence-corrected chi connectivity index (χ2v) is 5.87. The lowest BCUT2D eigenvalue weighted by Crippen LogP contribution is -2.20. The van der Waals surface area contributed by atoms with Gasteiger partial charge in [0.2, 0.25) is 0 Å². The highest BCUT2D eigenvalue weighted by atomic mass is 35.5. The molecule has 130 valence electrons. The van der Waals surface area contributed by atoms with Crippen LogP contribution in [-0.2, 0) is 4.79 Å². The van der Waals surface area contributed by atoms with Gasteiger partial charge >= 0.3 is 0 Å². The Morgan fingerprint density at radius 2 is 2.04 bits per heavy atom. The fraction of sp³-hybridized carbons (Fsp3) is 0.263. The number of rotatable bonds is 6. The van der Waals surface area contributed by atoms with E-state index in [0.29, 0.717) is 22.4 Å². The quantitative estimate of drug-likeness (QED) is 0.604. The highest BCUT2D eigenvalue weighted by Gasteiger charge is 2.13. The maximum Gasteiger partial charge on any atom is 0.266 e. The largest absolute Gasteiger partial charge is 0.441 e. The van der Waals surface area contributed by atoms with Crippen molar-refractivity contribution in [3.05, 3.63) is 52.3 Å². The van der Waals surface area contributed by atoms with Gasteiger partial charge in [-0.05, 0) is 44.5 Å². The topological polar surface area (TPSA) is 69.3 Å². The summed E-state index contributed by atoms with van der Waals surface area (Å²) in [5.74, 6) is 0.657. The molecule has 25 heavy (non-hydrogen) atoms. The lowest BCUT2D eigenvalue weighted by Gasteiger charge is -2.16. The van der Waals surface area contributed by atoms with Gasteiger partial charge in [0.25, 0.3) is 5.91 Å². The highest BCUT2D eigenvalue weighted by molar-refractivity contribution is 6.31. The van der Waals surface area contributed by atoms with Crippen molar-refractivity contribution in [3.8, 4) is 6.07 Å². The van der Waals surface area contributed by atoms with Crippen molar-refractivity contribution in [1.29, 1.82) is 5.26 Å². The molecule has 2 aromatic rings. The molecule has 0 aliphatic heterocycles. The molecule has 6 heteroatoms. The standard InChI is InChI=1S/C19H20ClN3O2/c1-4-23(5-2)18-9-8-16(25-18)10-14(12-21)19(24)22-17-11-15(20)7-6-13(17)3/h6-11H,4-5H2,1-3H3,(H,22,24). The highest BCUT2D eigenvalue weighted by Crippen LogP contribution is 2.22. The molecule has 0 radical (unpaired) electrons. The van der Waals surface area contributed by atoms with E-state index < -0.39 is 5.91 Å². The summed E-state index contributed by atoms with van der Waals surface area (Å²) < 4.78 is 5.70. The Kier molecular flexibility index (Phi) is 6.26. The summed E-state index contributed by atoms with van der Waals surface area (Å²) in [5, 5.41) is 12.5. The van der Waals surface area contributed by atoms with Gasteiger partial charge in [0, 0.05) is 35.9 Å². The van der Waals surface area contributed by atoms with Crippen LogP contribution in [0.4, 0.5) is 11.6 Å². The second kappa shape index (κ2) is 8.41. The van der Waals surface area contributed by atoms with Crippen LogP contribution in [0.5, 0.6) is 0 Å². The minimum atomic E-state index is -0.506. The van der Waals surface area contributed by atoms with Gasteiger partial charge in [-0.15, -0.1) is 0 Å². The van der Waals surface area contributed by atoms with Crippen LogP contribution in [0.3, 0.4) is 0 Å². The van der Waals surface area contributed by atoms with E-state index in [1.54, 1.807) is 24.3 Å². The van der Waals surface area contributed by atoms with E-state index in [9.17, 15) is 10.1 Å². The van der Waals surface area contributed by atoms with E-state index in [4.69, 9.17) is 16.0 Å². The van der Waals surface area contributed by atoms with Gasteiger partial charge in [0.15, 0.2) is 5.88 Å². The van der Waals surface area contributed by atoms with Crippen LogP contribution < -0.4 is 10.2 Å². The first-order valence-corrected chi connectivity index (χ1v) is 8.40. The Hall–Kier alpha value is -2.71. The number of amides is 1. The summed E-state index contributed by atoms with van der Waals surface area (Å²) in [7, 11) is 0. The molecule has 0 aliphatic rings. The number of halogens is 1. The summed E-state index contributed by atoms with van der Waals surface area (Å²) in [6, 6.07) is 10.7. The van der Waals surface area contributed by atoms with Crippen LogP contribution in [0.2, 0.25) is 5.02 Å². The van der Waals surface area contributed by atoms with Crippen molar-refractivity contribution < 1.29 is 9.21 Å². The molecule has 1 amide bonds. The van der Waals surface area contributed by atoms with Gasteiger partial charge in [0.05, 0.1) is 0 Å². The van der Waals surface area contributed by atoms with Crippen molar-refractivity contribution in [2.75, 3.05) is 23.3 Å². The first kappa shape index (κ1) is 18.6. The molecule has 0 saturated heterocycles. The van der Waals surface area contributed by atoms with Crippen molar-refractivity contribution in [2.24, 2.45) is 0 Å². The zero-order valence-corrected chi connectivity index (χ0v) is 15.2. The number of nitriles is 1. The molecular formula is C19H20ClN3O2. The van der Waals surface area contributed by atoms with E-state index in [1.165, 1.54) is 6.08 Å². The van der Waals surface area contributed by atoms with Crippen molar-refractivity contribution in [2.45, 2.75) is 20.8 Å². The molecule has 0 saturated carbocycles. The number of benzene rings is 1. The van der Waals surface area contributed by atoms with Crippen LogP contribution in [0.1, 0.15) is 25.2 Å². The number of carbonyl (C=O) groups excluding carboxylic acids is 1. The summed E-state index contributed by atoms with van der Waals surface area (Å²) >= 11 is 5.95. The molecule has 1 heterocycles. The number of aryl methyl sites for hydroxylation is 1. The Bertz CT molecular complexity index is 829. The zero-order valence-electron chi connectivity index (χ0n) is 14.5. The molecule has 1 N–H and O–H groups in total. The SMILES string of the molecule is CCN(CC)c1ccc(C=C(C#N)C(=O)Nc2cc(Cl)ccc2C)o1. The number of nitrogens with zero attached hydrogens (tertiary/aromatic N) is 2. The van der Waals surface area contributed by atoms with Crippen LogP contribution in [0.25, 0.3) is 6.08 Å². The lowest BCUT2D eigenvalue weighted by atomic mass is 10.1. The van der Waals surface area contributed by atoms with Gasteiger partial charge < -0.3 is 14.6 Å². The average Bonchev–Trinajstić information content (AvgIpc) is 3.05. The Labute approximate surface area is 152 Å². The first-order chi connectivity index (χ1) is 12.0. The monoisotopic (exact) mass is 357 g/mol. The minimum absolute atomic E-state index is 0.0418. The van der Waals surface area contributed by atoms with E-state index in [-0.39, 0.29) is 5.57 Å². The van der Waals surface area contributed by atoms with Gasteiger partial charge in [-0.1, -0.05) is 17.7 Å². The van der Waals surface area contributed by atoms with Crippen LogP contribution in [-0.4, -0.2) is 19.0 Å². The van der Waals surface area contributed by atoms with Gasteiger partial charge in [-0.2, -0.15) is 5.26 Å². The normalized spacial score (nSPS) is 11.1. The number of hydrogen-bond donors (Lipinski definition) is 1. The van der Waals surface area contributed by atoms with Crippen molar-refractivity contribution >= 4 is 35.2 Å². The van der Waals surface area contributed by atoms with E-state index in [1.807, 2.05) is 37.8 Å². The van der Waals surface area contributed by atoms with Crippen molar-refractivity contribution in [3.63, 3.8) is 0 Å². The summed E-state index contributed by atoms with van der Waals surface area (Å²) in [6.45, 7) is 7.54. The van der Waals surface area contributed by atoms with Gasteiger partial charge in [0.1, 0.15) is 17.4 Å². The van der Waals surface area contributed by atoms with E-state index >= 15 is 0 Å². The van der Waals surface area contributed by atoms with Crippen molar-refractivity contribution in [1.82, 2.24) is 0 Å². The predicted molar refractivity (Wildman–Crippen MR) is 101 cm³/mol. The minimum Gasteiger partial charge on any atom is -0.441 e. The third kappa shape index (κ3) is 4.65. The maximum atomic E-state index is 12.4. The third-order valence-corrected chi connectivity index (χ3v) is 4.02. The van der Waals surface area contributed by atoms with E-state index in [2.05, 4.69) is 5.32 Å². The molecule has 0 bridgehead atoms. The molecule has 1 aromatic carbocycles. The number of carbonyl (C=O) groups is 1. The number of nitrogens with one attached hydrogen (secondary N) is 1. The Morgan fingerprint density at radius 1 is 1.32 bits per heavy atom. The van der Waals surface area contributed by atoms with Crippen LogP contribution in [0, 0.1) is 18.3 Å². The molecule has 0 fully saturated rings. The van der Waals surface area contributed by atoms with Crippen LogP contribution in [0.15, 0.2) is 40.3 Å². The maximum absolute atomic E-state index is 12.4. The molecular weight excluding hydrogens is 338 g/mol. The van der Waals surface area contributed by atoms with Gasteiger partial charge in [-0.3, -0.25) is 4.79 Å². The van der Waals surface area contributed by atoms with E-state index in [0.717, 1.165) is 18.7 Å². The fourth-order valence-electron chi connectivity index (χ4n) is 2.33. The number of furan rings is 1. The molecule has 2 rings (SSSR count). The lowest BCUT2D eigenvalue weighted by molar-refractivity contribution is -0.112. The summed E-state index contributed by atoms with van der Waals surface area (Å²) in [4.78, 5) is 14.4. The zero-order chi connectivity index (χ0) is 18.4. The second-order valence-electron chi connectivity index (χ2n) is 5.43. The van der Waals surface area contributed by atoms with Gasteiger partial charge in [-0.25, -0.2) is 0 Å². The molecule has 0 spiro atoms. The smallest absolute Gasteiger partial charge is 0.266 e. The molecule has 1 aromatic heterocycles. The number of hydrogen-bond acceptors (Lipinski definition) is 4. The Balaban J connectivity index is 2.21. The number of anilines is 2. The predicted octanol–water partition coefficient (Wildman–Crippen LogP) is 4.63. The average molecular weight is 358 g/mol. The summed E-state index contributed by atoms with van der Waals surface area (Å²) in [5.41, 5.74) is 1.39.